The summed E-state index contributed by atoms with van der Waals surface area (Å²) < 4.78 is 5.22. The molecule has 3 aromatic carbocycles. The van der Waals surface area contributed by atoms with Crippen molar-refractivity contribution in [3.8, 4) is 5.75 Å². The van der Waals surface area contributed by atoms with Gasteiger partial charge in [0.2, 0.25) is 0 Å². The number of ether oxygens (including phenoxy) is 1. The lowest BCUT2D eigenvalue weighted by Crippen LogP contribution is -2.29. The Hall–Kier alpha value is -3.07. The number of hydrogen-bond donors (Lipinski definition) is 1. The van der Waals surface area contributed by atoms with E-state index in [2.05, 4.69) is 24.4 Å². The topological polar surface area (TPSA) is 38.3 Å². The highest BCUT2D eigenvalue weighted by molar-refractivity contribution is 5.95. The number of methoxy groups -OCH3 is 1. The molecule has 0 spiro atoms. The molecule has 3 rings (SSSR count). The molecule has 25 heavy (non-hydrogen) atoms. The highest BCUT2D eigenvalue weighted by Gasteiger charge is 2.19. The van der Waals surface area contributed by atoms with E-state index in [9.17, 15) is 4.79 Å². The lowest BCUT2D eigenvalue weighted by Gasteiger charge is -2.22. The van der Waals surface area contributed by atoms with Crippen molar-refractivity contribution in [2.75, 3.05) is 7.11 Å². The van der Waals surface area contributed by atoms with Crippen LogP contribution in [-0.4, -0.2) is 13.0 Å². The maximum absolute atomic E-state index is 12.8. The van der Waals surface area contributed by atoms with E-state index in [1.807, 2.05) is 54.6 Å². The smallest absolute Gasteiger partial charge is 0.252 e. The number of aryl methyl sites for hydroxylation is 1. The molecule has 0 unspecified atom stereocenters. The summed E-state index contributed by atoms with van der Waals surface area (Å²) >= 11 is 0. The van der Waals surface area contributed by atoms with Gasteiger partial charge in [0.15, 0.2) is 0 Å². The number of rotatable bonds is 5. The van der Waals surface area contributed by atoms with E-state index >= 15 is 0 Å². The summed E-state index contributed by atoms with van der Waals surface area (Å²) in [4.78, 5) is 12.8. The van der Waals surface area contributed by atoms with Crippen LogP contribution in [0.4, 0.5) is 0 Å². The number of benzene rings is 3. The third-order valence-corrected chi connectivity index (χ3v) is 4.24. The lowest BCUT2D eigenvalue weighted by molar-refractivity contribution is 0.0942. The zero-order valence-electron chi connectivity index (χ0n) is 14.4. The van der Waals surface area contributed by atoms with E-state index in [1.165, 1.54) is 0 Å². The number of amides is 1. The molecular formula is C22H21NO2. The predicted molar refractivity (Wildman–Crippen MR) is 99.9 cm³/mol. The fourth-order valence-corrected chi connectivity index (χ4v) is 2.88. The minimum atomic E-state index is -0.207. The Labute approximate surface area is 148 Å². The van der Waals surface area contributed by atoms with Crippen LogP contribution in [0.2, 0.25) is 0 Å². The maximum Gasteiger partial charge on any atom is 0.252 e. The van der Waals surface area contributed by atoms with Gasteiger partial charge in [-0.3, -0.25) is 4.79 Å². The van der Waals surface area contributed by atoms with E-state index in [0.717, 1.165) is 16.7 Å². The minimum absolute atomic E-state index is 0.129. The second-order valence-electron chi connectivity index (χ2n) is 5.91. The first-order valence-corrected chi connectivity index (χ1v) is 8.24. The second kappa shape index (κ2) is 7.67. The molecule has 0 aromatic heterocycles. The summed E-state index contributed by atoms with van der Waals surface area (Å²) in [7, 11) is 1.59. The van der Waals surface area contributed by atoms with Crippen molar-refractivity contribution in [2.45, 2.75) is 13.0 Å². The third kappa shape index (κ3) is 3.89. The monoisotopic (exact) mass is 331 g/mol. The molecule has 0 radical (unpaired) electrons. The van der Waals surface area contributed by atoms with Crippen molar-refractivity contribution in [3.05, 3.63) is 101 Å². The SMILES string of the molecule is COc1cccc(C(=O)N[C@@H](c2ccccc2)c2ccccc2C)c1. The summed E-state index contributed by atoms with van der Waals surface area (Å²) in [6, 6.07) is 25.1. The summed E-state index contributed by atoms with van der Waals surface area (Å²) in [5.41, 5.74) is 3.86. The van der Waals surface area contributed by atoms with E-state index < -0.39 is 0 Å². The van der Waals surface area contributed by atoms with Crippen molar-refractivity contribution in [1.29, 1.82) is 0 Å². The van der Waals surface area contributed by atoms with Crippen LogP contribution in [0.5, 0.6) is 5.75 Å². The molecule has 0 aliphatic heterocycles. The number of carbonyl (C=O) groups excluding carboxylic acids is 1. The van der Waals surface area contributed by atoms with Crippen LogP contribution in [0, 0.1) is 6.92 Å². The highest BCUT2D eigenvalue weighted by atomic mass is 16.5. The summed E-state index contributed by atoms with van der Waals surface area (Å²) in [6.45, 7) is 2.06. The second-order valence-corrected chi connectivity index (χ2v) is 5.91. The molecule has 0 aliphatic carbocycles. The first-order valence-electron chi connectivity index (χ1n) is 8.24. The van der Waals surface area contributed by atoms with Gasteiger partial charge in [-0.1, -0.05) is 60.7 Å². The van der Waals surface area contributed by atoms with E-state index in [-0.39, 0.29) is 11.9 Å². The Morgan fingerprint density at radius 2 is 1.64 bits per heavy atom. The summed E-state index contributed by atoms with van der Waals surface area (Å²) in [5.74, 6) is 0.538. The molecule has 0 aliphatic rings. The van der Waals surface area contributed by atoms with Crippen molar-refractivity contribution in [1.82, 2.24) is 5.32 Å². The first-order chi connectivity index (χ1) is 12.2. The van der Waals surface area contributed by atoms with E-state index in [1.54, 1.807) is 19.2 Å². The van der Waals surface area contributed by atoms with Crippen LogP contribution in [0.25, 0.3) is 0 Å². The summed E-state index contributed by atoms with van der Waals surface area (Å²) in [6.07, 6.45) is 0. The molecule has 3 heteroatoms. The Balaban J connectivity index is 1.95. The van der Waals surface area contributed by atoms with E-state index in [0.29, 0.717) is 11.3 Å². The lowest BCUT2D eigenvalue weighted by atomic mass is 9.94. The van der Waals surface area contributed by atoms with Crippen LogP contribution in [0.1, 0.15) is 33.1 Å². The minimum Gasteiger partial charge on any atom is -0.497 e. The molecule has 0 heterocycles. The number of hydrogen-bond acceptors (Lipinski definition) is 2. The van der Waals surface area contributed by atoms with Crippen LogP contribution in [0.15, 0.2) is 78.9 Å². The molecular weight excluding hydrogens is 310 g/mol. The fraction of sp³-hybridized carbons (Fsp3) is 0.136. The molecule has 126 valence electrons. The Morgan fingerprint density at radius 3 is 2.36 bits per heavy atom. The van der Waals surface area contributed by atoms with Crippen molar-refractivity contribution < 1.29 is 9.53 Å². The van der Waals surface area contributed by atoms with Crippen molar-refractivity contribution >= 4 is 5.91 Å². The first kappa shape index (κ1) is 16.8. The van der Waals surface area contributed by atoms with Gasteiger partial charge in [-0.05, 0) is 41.8 Å². The van der Waals surface area contributed by atoms with Gasteiger partial charge in [-0.25, -0.2) is 0 Å². The molecule has 0 fully saturated rings. The van der Waals surface area contributed by atoms with E-state index in [4.69, 9.17) is 4.74 Å². The van der Waals surface area contributed by atoms with Crippen molar-refractivity contribution in [2.24, 2.45) is 0 Å². The summed E-state index contributed by atoms with van der Waals surface area (Å²) in [5, 5.41) is 3.16. The fourth-order valence-electron chi connectivity index (χ4n) is 2.88. The molecule has 1 amide bonds. The average molecular weight is 331 g/mol. The molecule has 3 aromatic rings. The van der Waals surface area contributed by atoms with Gasteiger partial charge in [-0.2, -0.15) is 0 Å². The van der Waals surface area contributed by atoms with Crippen LogP contribution < -0.4 is 10.1 Å². The van der Waals surface area contributed by atoms with Gasteiger partial charge in [0.05, 0.1) is 13.2 Å². The van der Waals surface area contributed by atoms with Gasteiger partial charge in [0.1, 0.15) is 5.75 Å². The van der Waals surface area contributed by atoms with Crippen LogP contribution in [-0.2, 0) is 0 Å². The molecule has 1 atom stereocenters. The van der Waals surface area contributed by atoms with Gasteiger partial charge in [0.25, 0.3) is 5.91 Å². The van der Waals surface area contributed by atoms with Crippen LogP contribution in [0.3, 0.4) is 0 Å². The zero-order valence-corrected chi connectivity index (χ0v) is 14.4. The van der Waals surface area contributed by atoms with Gasteiger partial charge in [0, 0.05) is 5.56 Å². The maximum atomic E-state index is 12.8. The van der Waals surface area contributed by atoms with Crippen LogP contribution >= 0.6 is 0 Å². The molecule has 0 bridgehead atoms. The van der Waals surface area contributed by atoms with Gasteiger partial charge in [-0.15, -0.1) is 0 Å². The largest absolute Gasteiger partial charge is 0.497 e. The average Bonchev–Trinajstić information content (AvgIpc) is 2.67. The molecule has 1 N–H and O–H groups in total. The quantitative estimate of drug-likeness (QED) is 0.746. The Bertz CT molecular complexity index is 859. The van der Waals surface area contributed by atoms with Crippen molar-refractivity contribution in [3.63, 3.8) is 0 Å². The Morgan fingerprint density at radius 1 is 0.920 bits per heavy atom. The molecule has 0 saturated carbocycles. The third-order valence-electron chi connectivity index (χ3n) is 4.24. The zero-order chi connectivity index (χ0) is 17.6. The van der Waals surface area contributed by atoms with Gasteiger partial charge < -0.3 is 10.1 Å². The number of carbonyl (C=O) groups is 1. The Kier molecular flexibility index (Phi) is 5.14. The standard InChI is InChI=1S/C22H21NO2/c1-16-9-6-7-14-20(16)21(17-10-4-3-5-11-17)23-22(24)18-12-8-13-19(15-18)25-2/h3-15,21H,1-2H3,(H,23,24)/t21-/m0/s1. The van der Waals surface area contributed by atoms with Gasteiger partial charge >= 0.3 is 0 Å². The predicted octanol–water partition coefficient (Wildman–Crippen LogP) is 4.52. The highest BCUT2D eigenvalue weighted by Crippen LogP contribution is 2.25. The normalized spacial score (nSPS) is 11.6. The number of nitrogens with one attached hydrogen (secondary N) is 1. The molecule has 0 saturated heterocycles. The molecule has 3 nitrogen and oxygen atoms in total.